The van der Waals surface area contributed by atoms with Crippen LogP contribution in [0.1, 0.15) is 48.0 Å². The first kappa shape index (κ1) is 15.0. The predicted molar refractivity (Wildman–Crippen MR) is 88.6 cm³/mol. The molecule has 1 aromatic rings. The van der Waals surface area contributed by atoms with Crippen molar-refractivity contribution in [2.24, 2.45) is 0 Å². The van der Waals surface area contributed by atoms with Gasteiger partial charge >= 0.3 is 0 Å². The minimum atomic E-state index is 0.204. The van der Waals surface area contributed by atoms with Crippen LogP contribution in [0.15, 0.2) is 22.7 Å². The molecule has 1 N–H and O–H groups in total. The lowest BCUT2D eigenvalue weighted by molar-refractivity contribution is 0.0717. The molecule has 0 spiro atoms. The van der Waals surface area contributed by atoms with Crippen molar-refractivity contribution in [3.63, 3.8) is 0 Å². The molecule has 0 radical (unpaired) electrons. The molecule has 2 fully saturated rings. The van der Waals surface area contributed by atoms with Gasteiger partial charge in [0.2, 0.25) is 0 Å². The van der Waals surface area contributed by atoms with Crippen LogP contribution in [0.3, 0.4) is 0 Å². The fraction of sp³-hybridized carbons (Fsp3) is 0.588. The van der Waals surface area contributed by atoms with E-state index in [9.17, 15) is 4.79 Å². The first-order valence-electron chi connectivity index (χ1n) is 7.95. The van der Waals surface area contributed by atoms with Crippen LogP contribution in [0.5, 0.6) is 0 Å². The quantitative estimate of drug-likeness (QED) is 0.901. The molecular weight excluding hydrogens is 328 g/mol. The van der Waals surface area contributed by atoms with E-state index in [1.54, 1.807) is 0 Å². The number of hydrogen-bond acceptors (Lipinski definition) is 2. The van der Waals surface area contributed by atoms with Crippen molar-refractivity contribution in [3.8, 4) is 0 Å². The van der Waals surface area contributed by atoms with Crippen molar-refractivity contribution >= 4 is 21.8 Å². The van der Waals surface area contributed by atoms with E-state index in [4.69, 9.17) is 0 Å². The second-order valence-corrected chi connectivity index (χ2v) is 7.21. The Kier molecular flexibility index (Phi) is 4.65. The third-order valence-electron chi connectivity index (χ3n) is 4.50. The van der Waals surface area contributed by atoms with Crippen LogP contribution >= 0.6 is 15.9 Å². The molecule has 1 aliphatic carbocycles. The van der Waals surface area contributed by atoms with E-state index in [2.05, 4.69) is 26.1 Å². The standard InChI is InChI=1S/C17H23BrN2O/c1-12-10-13(18)5-8-16(12)17(21)20(15-6-7-15)11-14-4-2-3-9-19-14/h5,8,10,14-15,19H,2-4,6-7,9,11H2,1H3. The first-order chi connectivity index (χ1) is 10.1. The fourth-order valence-corrected chi connectivity index (χ4v) is 3.60. The molecule has 0 bridgehead atoms. The Balaban J connectivity index is 1.75. The van der Waals surface area contributed by atoms with Gasteiger partial charge in [-0.25, -0.2) is 0 Å². The molecule has 4 heteroatoms. The second kappa shape index (κ2) is 6.49. The molecule has 2 aliphatic rings. The Labute approximate surface area is 135 Å². The number of aryl methyl sites for hydroxylation is 1. The van der Waals surface area contributed by atoms with Gasteiger partial charge in [-0.15, -0.1) is 0 Å². The summed E-state index contributed by atoms with van der Waals surface area (Å²) >= 11 is 3.47. The highest BCUT2D eigenvalue weighted by Gasteiger charge is 2.35. The minimum absolute atomic E-state index is 0.204. The van der Waals surface area contributed by atoms with Crippen molar-refractivity contribution in [2.75, 3.05) is 13.1 Å². The molecule has 1 aromatic carbocycles. The third-order valence-corrected chi connectivity index (χ3v) is 4.99. The summed E-state index contributed by atoms with van der Waals surface area (Å²) in [4.78, 5) is 15.0. The molecule has 1 atom stereocenters. The van der Waals surface area contributed by atoms with Crippen LogP contribution in [-0.2, 0) is 0 Å². The monoisotopic (exact) mass is 350 g/mol. The van der Waals surface area contributed by atoms with Crippen molar-refractivity contribution in [2.45, 2.75) is 51.1 Å². The highest BCUT2D eigenvalue weighted by molar-refractivity contribution is 9.10. The molecule has 1 heterocycles. The average Bonchev–Trinajstić information content (AvgIpc) is 3.30. The van der Waals surface area contributed by atoms with Crippen LogP contribution in [-0.4, -0.2) is 36.0 Å². The molecule has 1 unspecified atom stereocenters. The van der Waals surface area contributed by atoms with Crippen LogP contribution in [0.2, 0.25) is 0 Å². The highest BCUT2D eigenvalue weighted by atomic mass is 79.9. The first-order valence-corrected chi connectivity index (χ1v) is 8.75. The molecule has 3 rings (SSSR count). The van der Waals surface area contributed by atoms with Crippen LogP contribution < -0.4 is 5.32 Å². The molecular formula is C17H23BrN2O. The molecule has 1 saturated carbocycles. The minimum Gasteiger partial charge on any atom is -0.334 e. The number of carbonyl (C=O) groups is 1. The van der Waals surface area contributed by atoms with Crippen LogP contribution in [0.25, 0.3) is 0 Å². The largest absolute Gasteiger partial charge is 0.334 e. The number of benzene rings is 1. The van der Waals surface area contributed by atoms with Gasteiger partial charge in [0.25, 0.3) is 5.91 Å². The zero-order chi connectivity index (χ0) is 14.8. The Morgan fingerprint density at radius 2 is 2.14 bits per heavy atom. The van der Waals surface area contributed by atoms with Crippen molar-refractivity contribution in [1.82, 2.24) is 10.2 Å². The second-order valence-electron chi connectivity index (χ2n) is 6.29. The summed E-state index contributed by atoms with van der Waals surface area (Å²) in [5, 5.41) is 3.56. The van der Waals surface area contributed by atoms with E-state index in [0.29, 0.717) is 12.1 Å². The van der Waals surface area contributed by atoms with E-state index in [1.807, 2.05) is 25.1 Å². The lowest BCUT2D eigenvalue weighted by Crippen LogP contribution is -2.46. The van der Waals surface area contributed by atoms with E-state index in [-0.39, 0.29) is 5.91 Å². The van der Waals surface area contributed by atoms with Gasteiger partial charge in [-0.2, -0.15) is 0 Å². The van der Waals surface area contributed by atoms with Gasteiger partial charge in [0.05, 0.1) is 0 Å². The van der Waals surface area contributed by atoms with Gasteiger partial charge in [-0.3, -0.25) is 4.79 Å². The SMILES string of the molecule is Cc1cc(Br)ccc1C(=O)N(CC1CCCCN1)C1CC1. The number of rotatable bonds is 4. The maximum atomic E-state index is 12.9. The van der Waals surface area contributed by atoms with E-state index in [0.717, 1.165) is 41.5 Å². The smallest absolute Gasteiger partial charge is 0.254 e. The summed E-state index contributed by atoms with van der Waals surface area (Å²) in [5.41, 5.74) is 1.90. The van der Waals surface area contributed by atoms with Gasteiger partial charge in [-0.1, -0.05) is 22.4 Å². The molecule has 1 saturated heterocycles. The average molecular weight is 351 g/mol. The summed E-state index contributed by atoms with van der Waals surface area (Å²) < 4.78 is 1.03. The van der Waals surface area contributed by atoms with Crippen LogP contribution in [0.4, 0.5) is 0 Å². The number of hydrogen-bond donors (Lipinski definition) is 1. The van der Waals surface area contributed by atoms with E-state index in [1.165, 1.54) is 19.3 Å². The number of nitrogens with one attached hydrogen (secondary N) is 1. The lowest BCUT2D eigenvalue weighted by atomic mass is 10.0. The van der Waals surface area contributed by atoms with Gasteiger partial charge in [0, 0.05) is 28.7 Å². The summed E-state index contributed by atoms with van der Waals surface area (Å²) in [6, 6.07) is 6.87. The lowest BCUT2D eigenvalue weighted by Gasteiger charge is -2.31. The van der Waals surface area contributed by atoms with Gasteiger partial charge < -0.3 is 10.2 Å². The van der Waals surface area contributed by atoms with E-state index < -0.39 is 0 Å². The maximum absolute atomic E-state index is 12.9. The number of carbonyl (C=O) groups excluding carboxylic acids is 1. The summed E-state index contributed by atoms with van der Waals surface area (Å²) in [7, 11) is 0. The topological polar surface area (TPSA) is 32.3 Å². The van der Waals surface area contributed by atoms with E-state index >= 15 is 0 Å². The van der Waals surface area contributed by atoms with Gasteiger partial charge in [0.1, 0.15) is 0 Å². The third kappa shape index (κ3) is 3.67. The van der Waals surface area contributed by atoms with Crippen molar-refractivity contribution < 1.29 is 4.79 Å². The van der Waals surface area contributed by atoms with Gasteiger partial charge in [0.15, 0.2) is 0 Å². The fourth-order valence-electron chi connectivity index (χ4n) is 3.12. The van der Waals surface area contributed by atoms with Gasteiger partial charge in [-0.05, 0) is 62.9 Å². The summed E-state index contributed by atoms with van der Waals surface area (Å²) in [6.45, 7) is 3.97. The normalized spacial score (nSPS) is 22.1. The Bertz CT molecular complexity index is 522. The zero-order valence-electron chi connectivity index (χ0n) is 12.6. The summed E-state index contributed by atoms with van der Waals surface area (Å²) in [5.74, 6) is 0.204. The number of halogens is 1. The Morgan fingerprint density at radius 3 is 2.76 bits per heavy atom. The molecule has 21 heavy (non-hydrogen) atoms. The van der Waals surface area contributed by atoms with Crippen LogP contribution in [0, 0.1) is 6.92 Å². The molecule has 3 nitrogen and oxygen atoms in total. The number of amides is 1. The van der Waals surface area contributed by atoms with Crippen molar-refractivity contribution in [3.05, 3.63) is 33.8 Å². The predicted octanol–water partition coefficient (Wildman–Crippen LogP) is 3.50. The Hall–Kier alpha value is -0.870. The zero-order valence-corrected chi connectivity index (χ0v) is 14.2. The maximum Gasteiger partial charge on any atom is 0.254 e. The summed E-state index contributed by atoms with van der Waals surface area (Å²) in [6.07, 6.45) is 6.05. The van der Waals surface area contributed by atoms with Crippen molar-refractivity contribution in [1.29, 1.82) is 0 Å². The highest BCUT2D eigenvalue weighted by Crippen LogP contribution is 2.30. The molecule has 1 aliphatic heterocycles. The molecule has 114 valence electrons. The number of piperidine rings is 1. The number of nitrogens with zero attached hydrogens (tertiary/aromatic N) is 1. The molecule has 1 amide bonds. The molecule has 0 aromatic heterocycles. The Morgan fingerprint density at radius 1 is 1.33 bits per heavy atom.